The van der Waals surface area contributed by atoms with Gasteiger partial charge < -0.3 is 10.2 Å². The summed E-state index contributed by atoms with van der Waals surface area (Å²) in [5.41, 5.74) is 0. The number of hydrogen-bond donors (Lipinski definition) is 1. The normalized spacial score (nSPS) is 34.2. The van der Waals surface area contributed by atoms with Crippen LogP contribution in [-0.4, -0.2) is 38.1 Å². The van der Waals surface area contributed by atoms with Gasteiger partial charge in [0.2, 0.25) is 0 Å². The van der Waals surface area contributed by atoms with Gasteiger partial charge in [-0.1, -0.05) is 0 Å². The van der Waals surface area contributed by atoms with Crippen molar-refractivity contribution in [2.75, 3.05) is 33.2 Å². The first-order valence-electron chi connectivity index (χ1n) is 5.25. The van der Waals surface area contributed by atoms with Crippen LogP contribution in [0.15, 0.2) is 0 Å². The lowest BCUT2D eigenvalue weighted by atomic mass is 9.84. The van der Waals surface area contributed by atoms with Gasteiger partial charge in [-0.05, 0) is 57.8 Å². The molecule has 1 unspecified atom stereocenters. The van der Waals surface area contributed by atoms with E-state index in [0.29, 0.717) is 0 Å². The minimum absolute atomic E-state index is 1.01. The van der Waals surface area contributed by atoms with Crippen LogP contribution in [0.4, 0.5) is 0 Å². The predicted molar refractivity (Wildman–Crippen MR) is 51.2 cm³/mol. The van der Waals surface area contributed by atoms with Crippen LogP contribution in [0.1, 0.15) is 19.3 Å². The van der Waals surface area contributed by atoms with Gasteiger partial charge in [0.25, 0.3) is 0 Å². The molecule has 1 atom stereocenters. The third-order valence-electron chi connectivity index (χ3n) is 3.48. The average Bonchev–Trinajstić information content (AvgIpc) is 2.54. The molecule has 2 aliphatic rings. The molecule has 2 fully saturated rings. The lowest BCUT2D eigenvalue weighted by Crippen LogP contribution is -2.32. The molecule has 2 heteroatoms. The SMILES string of the molecule is CN1CCC(C2CCNCC2)C1. The Kier molecular flexibility index (Phi) is 2.66. The molecular weight excluding hydrogens is 148 g/mol. The summed E-state index contributed by atoms with van der Waals surface area (Å²) in [4.78, 5) is 2.48. The van der Waals surface area contributed by atoms with Crippen molar-refractivity contribution in [3.05, 3.63) is 0 Å². The first-order chi connectivity index (χ1) is 5.86. The van der Waals surface area contributed by atoms with Crippen LogP contribution in [-0.2, 0) is 0 Å². The van der Waals surface area contributed by atoms with Crippen molar-refractivity contribution in [1.29, 1.82) is 0 Å². The molecule has 0 bridgehead atoms. The van der Waals surface area contributed by atoms with Crippen molar-refractivity contribution >= 4 is 0 Å². The second-order valence-electron chi connectivity index (χ2n) is 4.40. The zero-order chi connectivity index (χ0) is 8.39. The van der Waals surface area contributed by atoms with Gasteiger partial charge in [0, 0.05) is 6.54 Å². The summed E-state index contributed by atoms with van der Waals surface area (Å²) in [5, 5.41) is 3.44. The maximum absolute atomic E-state index is 3.44. The maximum atomic E-state index is 3.44. The fourth-order valence-corrected chi connectivity index (χ4v) is 2.67. The molecule has 0 aromatic heterocycles. The summed E-state index contributed by atoms with van der Waals surface area (Å²) in [6.45, 7) is 5.19. The van der Waals surface area contributed by atoms with Crippen LogP contribution < -0.4 is 5.32 Å². The molecule has 70 valence electrons. The van der Waals surface area contributed by atoms with Gasteiger partial charge in [0.1, 0.15) is 0 Å². The number of rotatable bonds is 1. The van der Waals surface area contributed by atoms with Gasteiger partial charge in [0.15, 0.2) is 0 Å². The standard InChI is InChI=1S/C10H20N2/c1-12-7-4-10(8-12)9-2-5-11-6-3-9/h9-11H,2-8H2,1H3. The average molecular weight is 168 g/mol. The predicted octanol–water partition coefficient (Wildman–Crippen LogP) is 0.938. The Morgan fingerprint density at radius 3 is 2.42 bits per heavy atom. The van der Waals surface area contributed by atoms with Crippen LogP contribution in [0.25, 0.3) is 0 Å². The second kappa shape index (κ2) is 3.75. The summed E-state index contributed by atoms with van der Waals surface area (Å²) >= 11 is 0. The zero-order valence-corrected chi connectivity index (χ0v) is 8.05. The maximum Gasteiger partial charge on any atom is 0.000975 e. The van der Waals surface area contributed by atoms with E-state index in [4.69, 9.17) is 0 Å². The highest BCUT2D eigenvalue weighted by Crippen LogP contribution is 2.29. The molecule has 1 N–H and O–H groups in total. The van der Waals surface area contributed by atoms with E-state index in [1.54, 1.807) is 0 Å². The molecule has 0 aliphatic carbocycles. The molecule has 2 saturated heterocycles. The molecule has 0 amide bonds. The van der Waals surface area contributed by atoms with Crippen molar-refractivity contribution < 1.29 is 0 Å². The molecule has 0 saturated carbocycles. The monoisotopic (exact) mass is 168 g/mol. The van der Waals surface area contributed by atoms with E-state index in [9.17, 15) is 0 Å². The Balaban J connectivity index is 1.83. The Morgan fingerprint density at radius 2 is 1.83 bits per heavy atom. The van der Waals surface area contributed by atoms with Gasteiger partial charge in [-0.25, -0.2) is 0 Å². The number of nitrogens with zero attached hydrogens (tertiary/aromatic N) is 1. The van der Waals surface area contributed by atoms with E-state index in [1.165, 1.54) is 45.4 Å². The van der Waals surface area contributed by atoms with E-state index in [2.05, 4.69) is 17.3 Å². The van der Waals surface area contributed by atoms with Gasteiger partial charge in [-0.3, -0.25) is 0 Å². The Bertz CT molecular complexity index is 138. The van der Waals surface area contributed by atoms with E-state index in [1.807, 2.05) is 0 Å². The molecule has 0 aromatic carbocycles. The Labute approximate surface area is 75.3 Å². The largest absolute Gasteiger partial charge is 0.317 e. The zero-order valence-electron chi connectivity index (χ0n) is 8.05. The quantitative estimate of drug-likeness (QED) is 0.627. The third kappa shape index (κ3) is 1.80. The first-order valence-corrected chi connectivity index (χ1v) is 5.25. The first kappa shape index (κ1) is 8.52. The van der Waals surface area contributed by atoms with E-state index in [-0.39, 0.29) is 0 Å². The van der Waals surface area contributed by atoms with Crippen molar-refractivity contribution in [3.63, 3.8) is 0 Å². The summed E-state index contributed by atoms with van der Waals surface area (Å²) in [7, 11) is 2.25. The fraction of sp³-hybridized carbons (Fsp3) is 1.00. The highest BCUT2D eigenvalue weighted by Gasteiger charge is 2.28. The third-order valence-corrected chi connectivity index (χ3v) is 3.48. The Hall–Kier alpha value is -0.0800. The molecule has 0 aromatic rings. The fourth-order valence-electron chi connectivity index (χ4n) is 2.67. The van der Waals surface area contributed by atoms with Crippen LogP contribution in [0.3, 0.4) is 0 Å². The highest BCUT2D eigenvalue weighted by molar-refractivity contribution is 4.82. The molecule has 0 spiro atoms. The summed E-state index contributed by atoms with van der Waals surface area (Å²) < 4.78 is 0. The van der Waals surface area contributed by atoms with E-state index >= 15 is 0 Å². The molecular formula is C10H20N2. The van der Waals surface area contributed by atoms with E-state index in [0.717, 1.165) is 11.8 Å². The smallest absolute Gasteiger partial charge is 0.000975 e. The summed E-state index contributed by atoms with van der Waals surface area (Å²) in [5.74, 6) is 2.04. The van der Waals surface area contributed by atoms with Gasteiger partial charge in [-0.15, -0.1) is 0 Å². The van der Waals surface area contributed by atoms with Gasteiger partial charge >= 0.3 is 0 Å². The molecule has 12 heavy (non-hydrogen) atoms. The number of piperidine rings is 1. The lowest BCUT2D eigenvalue weighted by molar-refractivity contribution is 0.258. The molecule has 2 aliphatic heterocycles. The highest BCUT2D eigenvalue weighted by atomic mass is 15.1. The molecule has 2 rings (SSSR count). The summed E-state index contributed by atoms with van der Waals surface area (Å²) in [6, 6.07) is 0. The molecule has 2 nitrogen and oxygen atoms in total. The molecule has 2 heterocycles. The minimum Gasteiger partial charge on any atom is -0.317 e. The van der Waals surface area contributed by atoms with Crippen LogP contribution in [0.5, 0.6) is 0 Å². The van der Waals surface area contributed by atoms with E-state index < -0.39 is 0 Å². The molecule has 0 radical (unpaired) electrons. The topological polar surface area (TPSA) is 15.3 Å². The second-order valence-corrected chi connectivity index (χ2v) is 4.40. The minimum atomic E-state index is 1.01. The lowest BCUT2D eigenvalue weighted by Gasteiger charge is -2.27. The van der Waals surface area contributed by atoms with Crippen molar-refractivity contribution in [1.82, 2.24) is 10.2 Å². The number of likely N-dealkylation sites (tertiary alicyclic amines) is 1. The summed E-state index contributed by atoms with van der Waals surface area (Å²) in [6.07, 6.45) is 4.28. The van der Waals surface area contributed by atoms with Crippen LogP contribution >= 0.6 is 0 Å². The number of hydrogen-bond acceptors (Lipinski definition) is 2. The number of nitrogens with one attached hydrogen (secondary N) is 1. The van der Waals surface area contributed by atoms with Crippen molar-refractivity contribution in [2.45, 2.75) is 19.3 Å². The Morgan fingerprint density at radius 1 is 1.08 bits per heavy atom. The van der Waals surface area contributed by atoms with Gasteiger partial charge in [0.05, 0.1) is 0 Å². The van der Waals surface area contributed by atoms with Crippen LogP contribution in [0.2, 0.25) is 0 Å². The van der Waals surface area contributed by atoms with Gasteiger partial charge in [-0.2, -0.15) is 0 Å². The van der Waals surface area contributed by atoms with Crippen molar-refractivity contribution in [2.24, 2.45) is 11.8 Å². The van der Waals surface area contributed by atoms with Crippen molar-refractivity contribution in [3.8, 4) is 0 Å². The van der Waals surface area contributed by atoms with Crippen LogP contribution in [0, 0.1) is 11.8 Å².